The Hall–Kier alpha value is -2.33. The average Bonchev–Trinajstić information content (AvgIpc) is 2.82. The van der Waals surface area contributed by atoms with Crippen LogP contribution in [-0.4, -0.2) is 9.49 Å². The molecular formula is C15H11ClN2O2. The normalized spacial score (nSPS) is 10.8. The van der Waals surface area contributed by atoms with Gasteiger partial charge in [-0.25, -0.2) is 0 Å². The minimum Gasteiger partial charge on any atom is -0.343 e. The van der Waals surface area contributed by atoms with Gasteiger partial charge in [-0.15, -0.1) is 0 Å². The molecule has 0 aliphatic carbocycles. The number of aromatic nitrogens is 1. The third-order valence-corrected chi connectivity index (χ3v) is 3.49. The summed E-state index contributed by atoms with van der Waals surface area (Å²) in [5.74, 6) is 0. The molecule has 3 aromatic rings. The van der Waals surface area contributed by atoms with E-state index in [0.29, 0.717) is 17.1 Å². The fourth-order valence-corrected chi connectivity index (χ4v) is 2.52. The fourth-order valence-electron chi connectivity index (χ4n) is 2.32. The lowest BCUT2D eigenvalue weighted by Gasteiger charge is -2.07. The number of nitro groups is 1. The van der Waals surface area contributed by atoms with Gasteiger partial charge in [0.15, 0.2) is 0 Å². The molecule has 0 saturated heterocycles. The van der Waals surface area contributed by atoms with Crippen LogP contribution in [0.15, 0.2) is 54.7 Å². The molecule has 1 heterocycles. The van der Waals surface area contributed by atoms with Crippen molar-refractivity contribution in [1.82, 2.24) is 4.57 Å². The maximum Gasteiger partial charge on any atom is 0.274 e. The summed E-state index contributed by atoms with van der Waals surface area (Å²) >= 11 is 5.95. The Balaban J connectivity index is 2.07. The fraction of sp³-hybridized carbons (Fsp3) is 0.0667. The number of hydrogen-bond acceptors (Lipinski definition) is 2. The molecule has 0 aliphatic heterocycles. The van der Waals surface area contributed by atoms with Crippen molar-refractivity contribution < 1.29 is 4.92 Å². The molecule has 4 nitrogen and oxygen atoms in total. The Bertz CT molecular complexity index is 795. The molecule has 20 heavy (non-hydrogen) atoms. The Morgan fingerprint density at radius 1 is 1.15 bits per heavy atom. The zero-order chi connectivity index (χ0) is 14.1. The number of nitro benzene ring substituents is 1. The molecule has 0 saturated carbocycles. The first-order chi connectivity index (χ1) is 9.65. The Kier molecular flexibility index (Phi) is 3.16. The molecule has 0 spiro atoms. The second-order valence-corrected chi connectivity index (χ2v) is 4.97. The van der Waals surface area contributed by atoms with E-state index in [2.05, 4.69) is 0 Å². The van der Waals surface area contributed by atoms with E-state index >= 15 is 0 Å². The summed E-state index contributed by atoms with van der Waals surface area (Å²) < 4.78 is 1.98. The molecule has 2 aromatic carbocycles. The molecule has 0 N–H and O–H groups in total. The van der Waals surface area contributed by atoms with Crippen LogP contribution in [0.25, 0.3) is 10.9 Å². The molecule has 1 aromatic heterocycles. The van der Waals surface area contributed by atoms with Crippen LogP contribution in [0.4, 0.5) is 5.69 Å². The first-order valence-corrected chi connectivity index (χ1v) is 6.49. The van der Waals surface area contributed by atoms with Crippen LogP contribution >= 0.6 is 11.6 Å². The first-order valence-electron chi connectivity index (χ1n) is 6.12. The van der Waals surface area contributed by atoms with Crippen LogP contribution in [0.5, 0.6) is 0 Å². The summed E-state index contributed by atoms with van der Waals surface area (Å²) in [7, 11) is 0. The number of benzene rings is 2. The van der Waals surface area contributed by atoms with Gasteiger partial charge in [-0.2, -0.15) is 0 Å². The van der Waals surface area contributed by atoms with Gasteiger partial charge in [0.2, 0.25) is 0 Å². The highest BCUT2D eigenvalue weighted by Gasteiger charge is 2.14. The molecule has 0 unspecified atom stereocenters. The van der Waals surface area contributed by atoms with E-state index in [1.165, 1.54) is 12.1 Å². The summed E-state index contributed by atoms with van der Waals surface area (Å²) in [6.45, 7) is 0.421. The van der Waals surface area contributed by atoms with E-state index in [1.54, 1.807) is 6.07 Å². The Morgan fingerprint density at radius 2 is 1.95 bits per heavy atom. The van der Waals surface area contributed by atoms with Gasteiger partial charge in [0, 0.05) is 22.8 Å². The van der Waals surface area contributed by atoms with Crippen molar-refractivity contribution >= 4 is 28.2 Å². The predicted octanol–water partition coefficient (Wildman–Crippen LogP) is 4.25. The third-order valence-electron chi connectivity index (χ3n) is 3.26. The molecule has 0 atom stereocenters. The van der Waals surface area contributed by atoms with Crippen molar-refractivity contribution in [3.63, 3.8) is 0 Å². The van der Waals surface area contributed by atoms with E-state index < -0.39 is 0 Å². The molecular weight excluding hydrogens is 276 g/mol. The van der Waals surface area contributed by atoms with Gasteiger partial charge in [0.1, 0.15) is 0 Å². The monoisotopic (exact) mass is 286 g/mol. The minimum absolute atomic E-state index is 0.0900. The molecule has 0 amide bonds. The number of para-hydroxylation sites is 1. The van der Waals surface area contributed by atoms with Gasteiger partial charge in [-0.1, -0.05) is 29.8 Å². The molecule has 0 aliphatic rings. The van der Waals surface area contributed by atoms with Crippen molar-refractivity contribution in [2.24, 2.45) is 0 Å². The van der Waals surface area contributed by atoms with E-state index in [9.17, 15) is 10.1 Å². The highest BCUT2D eigenvalue weighted by molar-refractivity contribution is 6.30. The van der Waals surface area contributed by atoms with E-state index in [1.807, 2.05) is 41.1 Å². The van der Waals surface area contributed by atoms with Gasteiger partial charge in [-0.3, -0.25) is 10.1 Å². The Labute approximate surface area is 120 Å². The highest BCUT2D eigenvalue weighted by atomic mass is 35.5. The number of nitrogens with zero attached hydrogens (tertiary/aromatic N) is 2. The largest absolute Gasteiger partial charge is 0.343 e. The van der Waals surface area contributed by atoms with Crippen LogP contribution in [0.3, 0.4) is 0 Å². The maximum absolute atomic E-state index is 11.1. The van der Waals surface area contributed by atoms with E-state index in [0.717, 1.165) is 10.9 Å². The first kappa shape index (κ1) is 12.7. The summed E-state index contributed by atoms with van der Waals surface area (Å²) in [6.07, 6.45) is 1.93. The SMILES string of the molecule is O=[N+]([O-])c1ccc(Cl)cc1Cn1ccc2ccccc21. The summed E-state index contributed by atoms with van der Waals surface area (Å²) in [6, 6.07) is 14.5. The third kappa shape index (κ3) is 2.26. The van der Waals surface area contributed by atoms with Crippen molar-refractivity contribution in [3.8, 4) is 0 Å². The Morgan fingerprint density at radius 3 is 2.75 bits per heavy atom. The molecule has 0 fully saturated rings. The van der Waals surface area contributed by atoms with E-state index in [4.69, 9.17) is 11.6 Å². The van der Waals surface area contributed by atoms with Gasteiger partial charge in [0.05, 0.1) is 17.0 Å². The maximum atomic E-state index is 11.1. The van der Waals surface area contributed by atoms with Gasteiger partial charge in [0.25, 0.3) is 5.69 Å². The lowest BCUT2D eigenvalue weighted by Crippen LogP contribution is -2.02. The highest BCUT2D eigenvalue weighted by Crippen LogP contribution is 2.25. The zero-order valence-corrected chi connectivity index (χ0v) is 11.2. The van der Waals surface area contributed by atoms with Crippen LogP contribution in [0, 0.1) is 10.1 Å². The number of fused-ring (bicyclic) bond motifs is 1. The van der Waals surface area contributed by atoms with Crippen molar-refractivity contribution in [1.29, 1.82) is 0 Å². The van der Waals surface area contributed by atoms with Crippen LogP contribution < -0.4 is 0 Å². The predicted molar refractivity (Wildman–Crippen MR) is 79.1 cm³/mol. The smallest absolute Gasteiger partial charge is 0.274 e. The quantitative estimate of drug-likeness (QED) is 0.534. The lowest BCUT2D eigenvalue weighted by molar-refractivity contribution is -0.385. The molecule has 5 heteroatoms. The summed E-state index contributed by atoms with van der Waals surface area (Å²) in [4.78, 5) is 10.7. The average molecular weight is 287 g/mol. The number of hydrogen-bond donors (Lipinski definition) is 0. The summed E-state index contributed by atoms with van der Waals surface area (Å²) in [5.41, 5.74) is 1.73. The van der Waals surface area contributed by atoms with Crippen molar-refractivity contribution in [2.75, 3.05) is 0 Å². The number of rotatable bonds is 3. The molecule has 100 valence electrons. The standard InChI is InChI=1S/C15H11ClN2O2/c16-13-5-6-15(18(19)20)12(9-13)10-17-8-7-11-3-1-2-4-14(11)17/h1-9H,10H2. The molecule has 3 rings (SSSR count). The van der Waals surface area contributed by atoms with Crippen molar-refractivity contribution in [3.05, 3.63) is 75.4 Å². The van der Waals surface area contributed by atoms with Gasteiger partial charge in [-0.05, 0) is 29.7 Å². The van der Waals surface area contributed by atoms with Crippen molar-refractivity contribution in [2.45, 2.75) is 6.54 Å². The second kappa shape index (κ2) is 4.98. The zero-order valence-electron chi connectivity index (χ0n) is 10.5. The molecule has 0 radical (unpaired) electrons. The molecule has 0 bridgehead atoms. The van der Waals surface area contributed by atoms with Crippen LogP contribution in [0.2, 0.25) is 5.02 Å². The van der Waals surface area contributed by atoms with Crippen LogP contribution in [0.1, 0.15) is 5.56 Å². The number of halogens is 1. The van der Waals surface area contributed by atoms with Gasteiger partial charge < -0.3 is 4.57 Å². The van der Waals surface area contributed by atoms with Crippen LogP contribution in [-0.2, 0) is 6.54 Å². The topological polar surface area (TPSA) is 48.1 Å². The summed E-state index contributed by atoms with van der Waals surface area (Å²) in [5, 5.41) is 12.7. The van der Waals surface area contributed by atoms with Gasteiger partial charge >= 0.3 is 0 Å². The minimum atomic E-state index is -0.378. The second-order valence-electron chi connectivity index (χ2n) is 4.53. The van der Waals surface area contributed by atoms with E-state index in [-0.39, 0.29) is 10.6 Å². The lowest BCUT2D eigenvalue weighted by atomic mass is 10.1.